The highest BCUT2D eigenvalue weighted by molar-refractivity contribution is 7.17. The number of halogens is 1. The predicted molar refractivity (Wildman–Crippen MR) is 110 cm³/mol. The molecule has 4 rings (SSSR count). The summed E-state index contributed by atoms with van der Waals surface area (Å²) in [5, 5.41) is 3.30. The average Bonchev–Trinajstić information content (AvgIpc) is 3.07. The minimum Gasteiger partial charge on any atom is -0.306 e. The molecule has 2 heterocycles. The molecule has 0 aliphatic heterocycles. The van der Waals surface area contributed by atoms with E-state index in [0.29, 0.717) is 22.2 Å². The van der Waals surface area contributed by atoms with Gasteiger partial charge in [0.2, 0.25) is 0 Å². The molecule has 2 aromatic carbocycles. The second kappa shape index (κ2) is 6.71. The molecule has 0 aliphatic carbocycles. The summed E-state index contributed by atoms with van der Waals surface area (Å²) in [6, 6.07) is 15.7. The molecule has 0 aliphatic rings. The Balaban J connectivity index is 1.81. The molecular formula is C21H17ClN2OS. The van der Waals surface area contributed by atoms with Crippen molar-refractivity contribution in [2.45, 2.75) is 19.8 Å². The van der Waals surface area contributed by atoms with Gasteiger partial charge in [0.1, 0.15) is 10.7 Å². The van der Waals surface area contributed by atoms with E-state index in [0.717, 1.165) is 21.5 Å². The summed E-state index contributed by atoms with van der Waals surface area (Å²) in [4.78, 5) is 21.0. The summed E-state index contributed by atoms with van der Waals surface area (Å²) >= 11 is 7.43. The number of fused-ring (bicyclic) bond motifs is 1. The Labute approximate surface area is 160 Å². The molecule has 2 aromatic heterocycles. The largest absolute Gasteiger partial charge is 0.306 e. The maximum atomic E-state index is 12.8. The van der Waals surface area contributed by atoms with Crippen molar-refractivity contribution < 1.29 is 0 Å². The average molecular weight is 381 g/mol. The molecule has 0 bridgehead atoms. The highest BCUT2D eigenvalue weighted by atomic mass is 35.5. The van der Waals surface area contributed by atoms with Gasteiger partial charge >= 0.3 is 0 Å². The van der Waals surface area contributed by atoms with E-state index in [9.17, 15) is 4.79 Å². The normalized spacial score (nSPS) is 11.4. The Hall–Kier alpha value is -2.43. The SMILES string of the molecule is CC(C)c1ccc(-c2csc3nc(-c4ccc(Cl)cc4)[nH]c(=O)c23)cc1. The van der Waals surface area contributed by atoms with Crippen LogP contribution in [0.15, 0.2) is 58.7 Å². The highest BCUT2D eigenvalue weighted by Gasteiger charge is 2.14. The highest BCUT2D eigenvalue weighted by Crippen LogP contribution is 2.32. The van der Waals surface area contributed by atoms with Crippen LogP contribution in [0, 0.1) is 0 Å². The number of benzene rings is 2. The Kier molecular flexibility index (Phi) is 4.39. The van der Waals surface area contributed by atoms with E-state index in [4.69, 9.17) is 11.6 Å². The van der Waals surface area contributed by atoms with Crippen molar-refractivity contribution in [1.29, 1.82) is 0 Å². The van der Waals surface area contributed by atoms with Crippen molar-refractivity contribution in [3.05, 3.63) is 74.9 Å². The summed E-state index contributed by atoms with van der Waals surface area (Å²) in [5.41, 5.74) is 3.96. The van der Waals surface area contributed by atoms with Crippen LogP contribution < -0.4 is 5.56 Å². The van der Waals surface area contributed by atoms with Gasteiger partial charge in [0.25, 0.3) is 5.56 Å². The monoisotopic (exact) mass is 380 g/mol. The van der Waals surface area contributed by atoms with Crippen LogP contribution in [0.3, 0.4) is 0 Å². The smallest absolute Gasteiger partial charge is 0.260 e. The van der Waals surface area contributed by atoms with Crippen LogP contribution in [0.1, 0.15) is 25.3 Å². The van der Waals surface area contributed by atoms with Crippen LogP contribution in [-0.2, 0) is 0 Å². The fourth-order valence-corrected chi connectivity index (χ4v) is 4.03. The molecule has 0 fully saturated rings. The van der Waals surface area contributed by atoms with Crippen LogP contribution in [0.4, 0.5) is 0 Å². The molecule has 0 radical (unpaired) electrons. The maximum absolute atomic E-state index is 12.8. The maximum Gasteiger partial charge on any atom is 0.260 e. The van der Waals surface area contributed by atoms with E-state index in [-0.39, 0.29) is 5.56 Å². The Morgan fingerprint density at radius 1 is 1.00 bits per heavy atom. The minimum absolute atomic E-state index is 0.121. The molecule has 0 saturated carbocycles. The molecular weight excluding hydrogens is 364 g/mol. The Bertz CT molecular complexity index is 1130. The molecule has 130 valence electrons. The molecule has 0 amide bonds. The number of hydrogen-bond acceptors (Lipinski definition) is 3. The molecule has 1 N–H and O–H groups in total. The molecule has 3 nitrogen and oxygen atoms in total. The van der Waals surface area contributed by atoms with Crippen LogP contribution in [0.5, 0.6) is 0 Å². The first-order valence-electron chi connectivity index (χ1n) is 8.40. The molecule has 0 spiro atoms. The van der Waals surface area contributed by atoms with Crippen molar-refractivity contribution in [1.82, 2.24) is 9.97 Å². The standard InChI is InChI=1S/C21H17ClN2OS/c1-12(2)13-3-5-14(6-4-13)17-11-26-21-18(17)20(25)23-19(24-21)15-7-9-16(22)10-8-15/h3-12H,1-2H3,(H,23,24,25). The van der Waals surface area contributed by atoms with Crippen LogP contribution in [0.2, 0.25) is 5.02 Å². The fourth-order valence-electron chi connectivity index (χ4n) is 2.95. The van der Waals surface area contributed by atoms with E-state index in [1.807, 2.05) is 17.5 Å². The van der Waals surface area contributed by atoms with Crippen molar-refractivity contribution in [3.8, 4) is 22.5 Å². The van der Waals surface area contributed by atoms with Gasteiger partial charge in [-0.3, -0.25) is 4.79 Å². The lowest BCUT2D eigenvalue weighted by atomic mass is 9.99. The van der Waals surface area contributed by atoms with Crippen molar-refractivity contribution in [2.75, 3.05) is 0 Å². The predicted octanol–water partition coefficient (Wildman–Crippen LogP) is 6.10. The third kappa shape index (κ3) is 3.06. The lowest BCUT2D eigenvalue weighted by molar-refractivity contribution is 0.867. The van der Waals surface area contributed by atoms with Gasteiger partial charge in [0.05, 0.1) is 5.39 Å². The third-order valence-electron chi connectivity index (χ3n) is 4.45. The molecule has 26 heavy (non-hydrogen) atoms. The molecule has 0 saturated heterocycles. The Morgan fingerprint density at radius 3 is 2.31 bits per heavy atom. The second-order valence-corrected chi connectivity index (χ2v) is 7.82. The van der Waals surface area contributed by atoms with Gasteiger partial charge in [-0.2, -0.15) is 0 Å². The number of hydrogen-bond donors (Lipinski definition) is 1. The van der Waals surface area contributed by atoms with Gasteiger partial charge in [0.15, 0.2) is 0 Å². The fraction of sp³-hybridized carbons (Fsp3) is 0.143. The quantitative estimate of drug-likeness (QED) is 0.467. The van der Waals surface area contributed by atoms with Gasteiger partial charge in [-0.15, -0.1) is 11.3 Å². The molecule has 0 atom stereocenters. The van der Waals surface area contributed by atoms with Crippen molar-refractivity contribution >= 4 is 33.2 Å². The van der Waals surface area contributed by atoms with Crippen molar-refractivity contribution in [3.63, 3.8) is 0 Å². The number of thiophene rings is 1. The van der Waals surface area contributed by atoms with Crippen LogP contribution in [-0.4, -0.2) is 9.97 Å². The van der Waals surface area contributed by atoms with E-state index < -0.39 is 0 Å². The summed E-state index contributed by atoms with van der Waals surface area (Å²) in [5.74, 6) is 1.04. The molecule has 5 heteroatoms. The van der Waals surface area contributed by atoms with E-state index in [2.05, 4.69) is 48.1 Å². The van der Waals surface area contributed by atoms with Gasteiger partial charge in [0, 0.05) is 21.5 Å². The summed E-state index contributed by atoms with van der Waals surface area (Å²) in [6.45, 7) is 4.34. The lowest BCUT2D eigenvalue weighted by Crippen LogP contribution is -2.09. The zero-order chi connectivity index (χ0) is 18.3. The topological polar surface area (TPSA) is 45.8 Å². The number of nitrogens with zero attached hydrogens (tertiary/aromatic N) is 1. The number of aromatic nitrogens is 2. The van der Waals surface area contributed by atoms with Crippen molar-refractivity contribution in [2.24, 2.45) is 0 Å². The van der Waals surface area contributed by atoms with Gasteiger partial charge in [-0.1, -0.05) is 49.7 Å². The molecule has 0 unspecified atom stereocenters. The summed E-state index contributed by atoms with van der Waals surface area (Å²) in [6.07, 6.45) is 0. The van der Waals surface area contributed by atoms with E-state index in [1.165, 1.54) is 16.9 Å². The van der Waals surface area contributed by atoms with E-state index in [1.54, 1.807) is 12.1 Å². The van der Waals surface area contributed by atoms with Crippen LogP contribution >= 0.6 is 22.9 Å². The number of H-pyrrole nitrogens is 1. The van der Waals surface area contributed by atoms with E-state index >= 15 is 0 Å². The Morgan fingerprint density at radius 2 is 1.65 bits per heavy atom. The number of rotatable bonds is 3. The summed E-state index contributed by atoms with van der Waals surface area (Å²) in [7, 11) is 0. The number of nitrogens with one attached hydrogen (secondary N) is 1. The van der Waals surface area contributed by atoms with Crippen LogP contribution in [0.25, 0.3) is 32.7 Å². The van der Waals surface area contributed by atoms with Gasteiger partial charge < -0.3 is 4.98 Å². The second-order valence-electron chi connectivity index (χ2n) is 6.53. The summed E-state index contributed by atoms with van der Waals surface area (Å²) < 4.78 is 0. The molecule has 4 aromatic rings. The lowest BCUT2D eigenvalue weighted by Gasteiger charge is -2.06. The first-order chi connectivity index (χ1) is 12.5. The zero-order valence-electron chi connectivity index (χ0n) is 14.4. The van der Waals surface area contributed by atoms with Gasteiger partial charge in [-0.25, -0.2) is 4.98 Å². The first kappa shape index (κ1) is 17.0. The third-order valence-corrected chi connectivity index (χ3v) is 5.57. The van der Waals surface area contributed by atoms with Gasteiger partial charge in [-0.05, 0) is 41.3 Å². The minimum atomic E-state index is -0.121. The first-order valence-corrected chi connectivity index (χ1v) is 9.66. The zero-order valence-corrected chi connectivity index (χ0v) is 16.0. The number of aromatic amines is 1.